The van der Waals surface area contributed by atoms with Crippen molar-refractivity contribution in [2.45, 2.75) is 32.9 Å². The van der Waals surface area contributed by atoms with Gasteiger partial charge in [0.2, 0.25) is 0 Å². The highest BCUT2D eigenvalue weighted by atomic mass is 19.1. The van der Waals surface area contributed by atoms with Crippen molar-refractivity contribution in [3.63, 3.8) is 0 Å². The molecule has 2 nitrogen and oxygen atoms in total. The van der Waals surface area contributed by atoms with Crippen LogP contribution in [-0.4, -0.2) is 13.1 Å². The van der Waals surface area contributed by atoms with Crippen LogP contribution < -0.4 is 10.6 Å². The zero-order valence-corrected chi connectivity index (χ0v) is 9.63. The monoisotopic (exact) mass is 210 g/mol. The predicted molar refractivity (Wildman–Crippen MR) is 62.4 cm³/mol. The van der Waals surface area contributed by atoms with Crippen molar-refractivity contribution >= 4 is 5.69 Å². The molecule has 1 aromatic carbocycles. The summed E-state index contributed by atoms with van der Waals surface area (Å²) in [6, 6.07) is 5.51. The maximum absolute atomic E-state index is 13.7. The predicted octanol–water partition coefficient (Wildman–Crippen LogP) is 2.52. The highest BCUT2D eigenvalue weighted by Crippen LogP contribution is 2.21. The maximum atomic E-state index is 13.7. The second-order valence-corrected chi connectivity index (χ2v) is 3.86. The zero-order valence-electron chi connectivity index (χ0n) is 9.63. The highest BCUT2D eigenvalue weighted by molar-refractivity contribution is 5.49. The molecule has 0 saturated heterocycles. The summed E-state index contributed by atoms with van der Waals surface area (Å²) in [7, 11) is 1.91. The van der Waals surface area contributed by atoms with Gasteiger partial charge in [-0.3, -0.25) is 0 Å². The largest absolute Gasteiger partial charge is 0.370 e. The van der Waals surface area contributed by atoms with Crippen molar-refractivity contribution < 1.29 is 4.39 Å². The van der Waals surface area contributed by atoms with Crippen molar-refractivity contribution in [1.29, 1.82) is 0 Å². The minimum Gasteiger partial charge on any atom is -0.370 e. The molecule has 2 N–H and O–H groups in total. The maximum Gasteiger partial charge on any atom is 0.146 e. The van der Waals surface area contributed by atoms with Crippen LogP contribution in [0, 0.1) is 5.82 Å². The first-order chi connectivity index (χ1) is 7.10. The van der Waals surface area contributed by atoms with Crippen LogP contribution in [0.4, 0.5) is 10.1 Å². The standard InChI is InChI=1S/C12H19FN2/c1-4-9(2)15(3)12-6-5-10(8-14)7-11(12)13/h5-7,9H,4,8,14H2,1-3H3. The van der Waals surface area contributed by atoms with Gasteiger partial charge in [0.1, 0.15) is 5.82 Å². The lowest BCUT2D eigenvalue weighted by atomic mass is 10.1. The molecule has 1 unspecified atom stereocenters. The summed E-state index contributed by atoms with van der Waals surface area (Å²) in [4.78, 5) is 1.95. The smallest absolute Gasteiger partial charge is 0.146 e. The van der Waals surface area contributed by atoms with E-state index in [1.165, 1.54) is 6.07 Å². The quantitative estimate of drug-likeness (QED) is 0.827. The van der Waals surface area contributed by atoms with Gasteiger partial charge >= 0.3 is 0 Å². The molecule has 0 heterocycles. The molecule has 0 aliphatic rings. The summed E-state index contributed by atoms with van der Waals surface area (Å²) in [5.74, 6) is -0.194. The van der Waals surface area contributed by atoms with Crippen LogP contribution in [-0.2, 0) is 6.54 Å². The van der Waals surface area contributed by atoms with Gasteiger partial charge in [0, 0.05) is 19.6 Å². The number of hydrogen-bond acceptors (Lipinski definition) is 2. The van der Waals surface area contributed by atoms with E-state index in [1.54, 1.807) is 6.07 Å². The van der Waals surface area contributed by atoms with Crippen molar-refractivity contribution in [2.75, 3.05) is 11.9 Å². The topological polar surface area (TPSA) is 29.3 Å². The number of nitrogens with two attached hydrogens (primary N) is 1. The normalized spacial score (nSPS) is 12.6. The molecule has 0 aliphatic heterocycles. The van der Waals surface area contributed by atoms with Gasteiger partial charge in [-0.25, -0.2) is 4.39 Å². The van der Waals surface area contributed by atoms with E-state index in [0.29, 0.717) is 18.3 Å². The molecule has 1 atom stereocenters. The molecular weight excluding hydrogens is 191 g/mol. The van der Waals surface area contributed by atoms with E-state index in [-0.39, 0.29) is 5.82 Å². The molecule has 0 radical (unpaired) electrons. The first-order valence-corrected chi connectivity index (χ1v) is 5.31. The fourth-order valence-electron chi connectivity index (χ4n) is 1.47. The summed E-state index contributed by atoms with van der Waals surface area (Å²) >= 11 is 0. The number of hydrogen-bond donors (Lipinski definition) is 1. The molecule has 0 spiro atoms. The van der Waals surface area contributed by atoms with Gasteiger partial charge < -0.3 is 10.6 Å². The number of rotatable bonds is 4. The lowest BCUT2D eigenvalue weighted by Gasteiger charge is -2.26. The SMILES string of the molecule is CCC(C)N(C)c1ccc(CN)cc1F. The highest BCUT2D eigenvalue weighted by Gasteiger charge is 2.12. The molecule has 0 aromatic heterocycles. The van der Waals surface area contributed by atoms with E-state index < -0.39 is 0 Å². The Kier molecular flexibility index (Phi) is 4.09. The average Bonchev–Trinajstić information content (AvgIpc) is 2.26. The van der Waals surface area contributed by atoms with E-state index in [1.807, 2.05) is 18.0 Å². The van der Waals surface area contributed by atoms with Crippen molar-refractivity contribution in [1.82, 2.24) is 0 Å². The third kappa shape index (κ3) is 2.69. The zero-order chi connectivity index (χ0) is 11.4. The Morgan fingerprint density at radius 2 is 2.13 bits per heavy atom. The molecule has 1 rings (SSSR count). The molecule has 3 heteroatoms. The number of anilines is 1. The molecule has 0 fully saturated rings. The van der Waals surface area contributed by atoms with E-state index in [9.17, 15) is 4.39 Å². The van der Waals surface area contributed by atoms with Crippen LogP contribution >= 0.6 is 0 Å². The molecular formula is C12H19FN2. The lowest BCUT2D eigenvalue weighted by molar-refractivity contribution is 0.598. The Hall–Kier alpha value is -1.09. The van der Waals surface area contributed by atoms with Gasteiger partial charge in [0.05, 0.1) is 5.69 Å². The van der Waals surface area contributed by atoms with Crippen molar-refractivity contribution in [2.24, 2.45) is 5.73 Å². The number of halogens is 1. The van der Waals surface area contributed by atoms with Crippen molar-refractivity contribution in [3.05, 3.63) is 29.6 Å². The fraction of sp³-hybridized carbons (Fsp3) is 0.500. The minimum atomic E-state index is -0.194. The average molecular weight is 210 g/mol. The van der Waals surface area contributed by atoms with Gasteiger partial charge in [-0.1, -0.05) is 13.0 Å². The Morgan fingerprint density at radius 3 is 2.60 bits per heavy atom. The van der Waals surface area contributed by atoms with E-state index in [4.69, 9.17) is 5.73 Å². The summed E-state index contributed by atoms with van der Waals surface area (Å²) in [6.07, 6.45) is 0.995. The number of nitrogens with zero attached hydrogens (tertiary/aromatic N) is 1. The fourth-order valence-corrected chi connectivity index (χ4v) is 1.47. The van der Waals surface area contributed by atoms with Gasteiger partial charge in [-0.2, -0.15) is 0 Å². The molecule has 84 valence electrons. The summed E-state index contributed by atoms with van der Waals surface area (Å²) < 4.78 is 13.7. The first-order valence-electron chi connectivity index (χ1n) is 5.31. The number of benzene rings is 1. The van der Waals surface area contributed by atoms with Gasteiger partial charge in [0.25, 0.3) is 0 Å². The van der Waals surface area contributed by atoms with Crippen LogP contribution in [0.15, 0.2) is 18.2 Å². The van der Waals surface area contributed by atoms with Gasteiger partial charge in [-0.05, 0) is 31.0 Å². The molecule has 0 aliphatic carbocycles. The summed E-state index contributed by atoms with van der Waals surface area (Å²) in [6.45, 7) is 4.55. The minimum absolute atomic E-state index is 0.194. The summed E-state index contributed by atoms with van der Waals surface area (Å²) in [5.41, 5.74) is 6.92. The Balaban J connectivity index is 2.95. The van der Waals surface area contributed by atoms with E-state index in [0.717, 1.165) is 12.0 Å². The molecule has 0 bridgehead atoms. The van der Waals surface area contributed by atoms with Crippen molar-refractivity contribution in [3.8, 4) is 0 Å². The second-order valence-electron chi connectivity index (χ2n) is 3.86. The van der Waals surface area contributed by atoms with E-state index >= 15 is 0 Å². The lowest BCUT2D eigenvalue weighted by Crippen LogP contribution is -2.28. The Labute approximate surface area is 90.9 Å². The molecule has 1 aromatic rings. The van der Waals surface area contributed by atoms with Crippen LogP contribution in [0.1, 0.15) is 25.8 Å². The Morgan fingerprint density at radius 1 is 1.47 bits per heavy atom. The Bertz CT molecular complexity index is 325. The van der Waals surface area contributed by atoms with Gasteiger partial charge in [0.15, 0.2) is 0 Å². The second kappa shape index (κ2) is 5.12. The third-order valence-electron chi connectivity index (χ3n) is 2.88. The van der Waals surface area contributed by atoms with E-state index in [2.05, 4.69) is 13.8 Å². The van der Waals surface area contributed by atoms with Crippen LogP contribution in [0.5, 0.6) is 0 Å². The molecule has 0 amide bonds. The third-order valence-corrected chi connectivity index (χ3v) is 2.88. The van der Waals surface area contributed by atoms with Crippen LogP contribution in [0.25, 0.3) is 0 Å². The molecule has 0 saturated carbocycles. The van der Waals surface area contributed by atoms with Crippen LogP contribution in [0.3, 0.4) is 0 Å². The summed E-state index contributed by atoms with van der Waals surface area (Å²) in [5, 5.41) is 0. The van der Waals surface area contributed by atoms with Gasteiger partial charge in [-0.15, -0.1) is 0 Å². The first kappa shape index (κ1) is 12.0. The van der Waals surface area contributed by atoms with Crippen LogP contribution in [0.2, 0.25) is 0 Å². The molecule has 15 heavy (non-hydrogen) atoms.